The zero-order valence-corrected chi connectivity index (χ0v) is 13.1. The highest BCUT2D eigenvalue weighted by atomic mass is 19.3. The molecule has 1 heterocycles. The van der Waals surface area contributed by atoms with Crippen molar-refractivity contribution in [3.63, 3.8) is 0 Å². The van der Waals surface area contributed by atoms with Gasteiger partial charge in [0.1, 0.15) is 0 Å². The molecule has 0 aromatic heterocycles. The van der Waals surface area contributed by atoms with Gasteiger partial charge >= 0.3 is 0 Å². The summed E-state index contributed by atoms with van der Waals surface area (Å²) in [5, 5.41) is 0. The van der Waals surface area contributed by atoms with Crippen LogP contribution in [0.4, 0.5) is 8.78 Å². The van der Waals surface area contributed by atoms with Crippen LogP contribution < -0.4 is 0 Å². The van der Waals surface area contributed by atoms with Gasteiger partial charge in [-0.2, -0.15) is 8.78 Å². The quantitative estimate of drug-likeness (QED) is 0.589. The van der Waals surface area contributed by atoms with Crippen LogP contribution in [0.25, 0.3) is 0 Å². The summed E-state index contributed by atoms with van der Waals surface area (Å²) in [5.41, 5.74) is 0. The molecule has 1 aliphatic carbocycles. The summed E-state index contributed by atoms with van der Waals surface area (Å²) in [5.74, 6) is 1.93. The highest BCUT2D eigenvalue weighted by Gasteiger charge is 2.30. The minimum atomic E-state index is -1.53. The van der Waals surface area contributed by atoms with E-state index in [1.54, 1.807) is 0 Å². The predicted molar refractivity (Wildman–Crippen MR) is 82.3 cm³/mol. The van der Waals surface area contributed by atoms with Gasteiger partial charge in [-0.3, -0.25) is 0 Å². The molecule has 2 atom stereocenters. The molecule has 21 heavy (non-hydrogen) atoms. The van der Waals surface area contributed by atoms with Gasteiger partial charge in [-0.05, 0) is 63.4 Å². The van der Waals surface area contributed by atoms with Gasteiger partial charge in [0.15, 0.2) is 0 Å². The van der Waals surface area contributed by atoms with Crippen molar-refractivity contribution in [1.82, 2.24) is 0 Å². The molecule has 0 aromatic carbocycles. The molecule has 3 heteroatoms. The second-order valence-electron chi connectivity index (χ2n) is 6.59. The first-order valence-electron chi connectivity index (χ1n) is 8.44. The Kier molecular flexibility index (Phi) is 6.88. The predicted octanol–water partition coefficient (Wildman–Crippen LogP) is 5.72. The maximum absolute atomic E-state index is 12.0. The van der Waals surface area contributed by atoms with Gasteiger partial charge in [0, 0.05) is 5.92 Å². The molecule has 120 valence electrons. The molecule has 2 aliphatic rings. The Balaban J connectivity index is 1.66. The number of ether oxygens (including phenoxy) is 1. The van der Waals surface area contributed by atoms with E-state index in [0.717, 1.165) is 19.1 Å². The van der Waals surface area contributed by atoms with E-state index in [2.05, 4.69) is 19.1 Å². The van der Waals surface area contributed by atoms with Crippen LogP contribution in [0.2, 0.25) is 0 Å². The first-order valence-corrected chi connectivity index (χ1v) is 8.44. The first kappa shape index (κ1) is 16.7. The maximum atomic E-state index is 12.0. The summed E-state index contributed by atoms with van der Waals surface area (Å²) >= 11 is 0. The van der Waals surface area contributed by atoms with Crippen molar-refractivity contribution < 1.29 is 13.5 Å². The fraction of sp³-hybridized carbons (Fsp3) is 0.778. The number of rotatable bonds is 5. The molecule has 0 N–H and O–H groups in total. The molecular weight excluding hydrogens is 270 g/mol. The molecule has 0 amide bonds. The SMILES string of the molecule is C/C=C/C1CCC(C2CCC(CCC=C(F)F)CC2)OC1. The summed E-state index contributed by atoms with van der Waals surface area (Å²) < 4.78 is 30.1. The zero-order chi connectivity index (χ0) is 15.1. The molecule has 1 aliphatic heterocycles. The van der Waals surface area contributed by atoms with Crippen LogP contribution in [0, 0.1) is 17.8 Å². The number of allylic oxidation sites excluding steroid dienone is 2. The second-order valence-corrected chi connectivity index (χ2v) is 6.59. The lowest BCUT2D eigenvalue weighted by molar-refractivity contribution is -0.0493. The molecule has 2 unspecified atom stereocenters. The van der Waals surface area contributed by atoms with Gasteiger partial charge in [-0.25, -0.2) is 0 Å². The van der Waals surface area contributed by atoms with Crippen LogP contribution in [-0.2, 0) is 4.74 Å². The smallest absolute Gasteiger partial charge is 0.266 e. The third-order valence-corrected chi connectivity index (χ3v) is 5.10. The number of hydrogen-bond acceptors (Lipinski definition) is 1. The van der Waals surface area contributed by atoms with E-state index in [4.69, 9.17) is 4.74 Å². The Bertz CT molecular complexity index is 344. The van der Waals surface area contributed by atoms with E-state index in [0.29, 0.717) is 30.3 Å². The molecule has 2 fully saturated rings. The zero-order valence-electron chi connectivity index (χ0n) is 13.1. The van der Waals surface area contributed by atoms with Crippen molar-refractivity contribution in [2.24, 2.45) is 17.8 Å². The Labute approximate surface area is 127 Å². The molecule has 1 saturated carbocycles. The third kappa shape index (κ3) is 5.54. The first-order chi connectivity index (χ1) is 10.2. The van der Waals surface area contributed by atoms with Crippen molar-refractivity contribution in [3.05, 3.63) is 24.3 Å². The molecule has 0 radical (unpaired) electrons. The van der Waals surface area contributed by atoms with Crippen LogP contribution in [0.3, 0.4) is 0 Å². The largest absolute Gasteiger partial charge is 0.377 e. The van der Waals surface area contributed by atoms with E-state index in [9.17, 15) is 8.78 Å². The summed E-state index contributed by atoms with van der Waals surface area (Å²) in [6.45, 7) is 2.94. The van der Waals surface area contributed by atoms with E-state index >= 15 is 0 Å². The van der Waals surface area contributed by atoms with Crippen LogP contribution in [0.15, 0.2) is 24.3 Å². The average Bonchev–Trinajstić information content (AvgIpc) is 2.49. The lowest BCUT2D eigenvalue weighted by atomic mass is 9.76. The lowest BCUT2D eigenvalue weighted by Crippen LogP contribution is -2.33. The maximum Gasteiger partial charge on any atom is 0.266 e. The standard InChI is InChI=1S/C18H28F2O/c1-2-4-15-9-12-17(21-13-15)16-10-7-14(8-11-16)5-3-6-18(19)20/h2,4,6,14-17H,3,5,7-13H2,1H3/b4-2+. The Hall–Kier alpha value is -0.700. The summed E-state index contributed by atoms with van der Waals surface area (Å²) in [7, 11) is 0. The van der Waals surface area contributed by atoms with Crippen molar-refractivity contribution in [2.45, 2.75) is 64.4 Å². The number of hydrogen-bond donors (Lipinski definition) is 0. The lowest BCUT2D eigenvalue weighted by Gasteiger charge is -2.37. The van der Waals surface area contributed by atoms with Gasteiger partial charge in [0.2, 0.25) is 0 Å². The van der Waals surface area contributed by atoms with Gasteiger partial charge in [0.05, 0.1) is 12.7 Å². The monoisotopic (exact) mass is 298 g/mol. The Morgan fingerprint density at radius 2 is 1.86 bits per heavy atom. The van der Waals surface area contributed by atoms with Crippen LogP contribution in [0.1, 0.15) is 58.3 Å². The van der Waals surface area contributed by atoms with Gasteiger partial charge < -0.3 is 4.74 Å². The topological polar surface area (TPSA) is 9.23 Å². The van der Waals surface area contributed by atoms with Crippen molar-refractivity contribution in [3.8, 4) is 0 Å². The minimum Gasteiger partial charge on any atom is -0.377 e. The van der Waals surface area contributed by atoms with Gasteiger partial charge in [-0.15, -0.1) is 0 Å². The van der Waals surface area contributed by atoms with E-state index in [1.807, 2.05) is 0 Å². The highest BCUT2D eigenvalue weighted by molar-refractivity contribution is 4.90. The van der Waals surface area contributed by atoms with E-state index in [-0.39, 0.29) is 0 Å². The molecule has 0 bridgehead atoms. The van der Waals surface area contributed by atoms with E-state index in [1.165, 1.54) is 38.5 Å². The van der Waals surface area contributed by atoms with Crippen molar-refractivity contribution in [2.75, 3.05) is 6.61 Å². The van der Waals surface area contributed by atoms with Gasteiger partial charge in [-0.1, -0.05) is 25.0 Å². The Morgan fingerprint density at radius 3 is 2.43 bits per heavy atom. The molecule has 1 saturated heterocycles. The number of halogens is 2. The Morgan fingerprint density at radius 1 is 1.10 bits per heavy atom. The summed E-state index contributed by atoms with van der Waals surface area (Å²) in [6.07, 6.45) is 13.0. The van der Waals surface area contributed by atoms with E-state index < -0.39 is 6.08 Å². The molecule has 0 spiro atoms. The highest BCUT2D eigenvalue weighted by Crippen LogP contribution is 2.37. The van der Waals surface area contributed by atoms with Crippen molar-refractivity contribution in [1.29, 1.82) is 0 Å². The fourth-order valence-corrected chi connectivity index (χ4v) is 3.86. The summed E-state index contributed by atoms with van der Waals surface area (Å²) in [4.78, 5) is 0. The van der Waals surface area contributed by atoms with Gasteiger partial charge in [0.25, 0.3) is 6.08 Å². The second kappa shape index (κ2) is 8.67. The van der Waals surface area contributed by atoms with Crippen molar-refractivity contribution >= 4 is 0 Å². The van der Waals surface area contributed by atoms with Crippen LogP contribution in [-0.4, -0.2) is 12.7 Å². The summed E-state index contributed by atoms with van der Waals surface area (Å²) in [6, 6.07) is 0. The molecule has 2 rings (SSSR count). The molecule has 1 nitrogen and oxygen atoms in total. The normalized spacial score (nSPS) is 34.0. The fourth-order valence-electron chi connectivity index (χ4n) is 3.86. The van der Waals surface area contributed by atoms with Crippen LogP contribution >= 0.6 is 0 Å². The minimum absolute atomic E-state index is 0.440. The molecular formula is C18H28F2O. The molecule has 0 aromatic rings. The van der Waals surface area contributed by atoms with Crippen LogP contribution in [0.5, 0.6) is 0 Å². The third-order valence-electron chi connectivity index (χ3n) is 5.10. The average molecular weight is 298 g/mol.